The van der Waals surface area contributed by atoms with Crippen LogP contribution in [-0.4, -0.2) is 25.5 Å². The van der Waals surface area contributed by atoms with Gasteiger partial charge in [0.1, 0.15) is 5.75 Å². The van der Waals surface area contributed by atoms with Crippen molar-refractivity contribution < 1.29 is 14.3 Å². The van der Waals surface area contributed by atoms with Crippen molar-refractivity contribution in [3.8, 4) is 11.8 Å². The molecular weight excluding hydrogens is 294 g/mol. The van der Waals surface area contributed by atoms with Crippen molar-refractivity contribution in [3.05, 3.63) is 59.7 Å². The van der Waals surface area contributed by atoms with Gasteiger partial charge in [-0.2, -0.15) is 5.26 Å². The van der Waals surface area contributed by atoms with Crippen LogP contribution in [0, 0.1) is 11.3 Å². The van der Waals surface area contributed by atoms with Gasteiger partial charge in [0, 0.05) is 11.3 Å². The molecule has 0 aliphatic heterocycles. The highest BCUT2D eigenvalue weighted by Gasteiger charge is 2.09. The fourth-order valence-corrected chi connectivity index (χ4v) is 1.86. The summed E-state index contributed by atoms with van der Waals surface area (Å²) in [6.45, 7) is -0.157. The SMILES string of the molecule is COc1cccc(C(=O)NCC(=O)Nc2ccc(C#N)cc2)c1. The van der Waals surface area contributed by atoms with E-state index < -0.39 is 0 Å². The van der Waals surface area contributed by atoms with E-state index in [2.05, 4.69) is 10.6 Å². The molecule has 6 nitrogen and oxygen atoms in total. The van der Waals surface area contributed by atoms with Crippen molar-refractivity contribution in [2.75, 3.05) is 19.0 Å². The first kappa shape index (κ1) is 16.0. The summed E-state index contributed by atoms with van der Waals surface area (Å²) in [6.07, 6.45) is 0. The summed E-state index contributed by atoms with van der Waals surface area (Å²) in [7, 11) is 1.52. The normalized spacial score (nSPS) is 9.57. The summed E-state index contributed by atoms with van der Waals surface area (Å²) in [4.78, 5) is 23.8. The number of rotatable bonds is 5. The number of anilines is 1. The number of nitrogens with one attached hydrogen (secondary N) is 2. The number of nitrogens with zero attached hydrogens (tertiary/aromatic N) is 1. The standard InChI is InChI=1S/C17H15N3O3/c1-23-15-4-2-3-13(9-15)17(22)19-11-16(21)20-14-7-5-12(10-18)6-8-14/h2-9H,11H2,1H3,(H,19,22)(H,20,21). The van der Waals surface area contributed by atoms with Gasteiger partial charge < -0.3 is 15.4 Å². The van der Waals surface area contributed by atoms with Gasteiger partial charge in [0.05, 0.1) is 25.3 Å². The van der Waals surface area contributed by atoms with Crippen LogP contribution in [0.5, 0.6) is 5.75 Å². The highest BCUT2D eigenvalue weighted by atomic mass is 16.5. The van der Waals surface area contributed by atoms with Gasteiger partial charge in [-0.25, -0.2) is 0 Å². The molecule has 2 amide bonds. The van der Waals surface area contributed by atoms with E-state index in [1.807, 2.05) is 6.07 Å². The number of hydrogen-bond donors (Lipinski definition) is 2. The van der Waals surface area contributed by atoms with Crippen molar-refractivity contribution in [3.63, 3.8) is 0 Å². The molecule has 0 aliphatic rings. The molecule has 116 valence electrons. The lowest BCUT2D eigenvalue weighted by molar-refractivity contribution is -0.115. The van der Waals surface area contributed by atoms with Crippen LogP contribution in [0.3, 0.4) is 0 Å². The molecule has 0 aliphatic carbocycles. The number of nitriles is 1. The average molecular weight is 309 g/mol. The Morgan fingerprint density at radius 1 is 1.17 bits per heavy atom. The second kappa shape index (κ2) is 7.61. The Balaban J connectivity index is 1.88. The van der Waals surface area contributed by atoms with Crippen molar-refractivity contribution in [2.24, 2.45) is 0 Å². The predicted octanol–water partition coefficient (Wildman–Crippen LogP) is 1.94. The van der Waals surface area contributed by atoms with Crippen LogP contribution >= 0.6 is 0 Å². The van der Waals surface area contributed by atoms with E-state index in [1.54, 1.807) is 48.5 Å². The summed E-state index contributed by atoms with van der Waals surface area (Å²) in [5.74, 6) is -0.149. The van der Waals surface area contributed by atoms with Gasteiger partial charge in [0.15, 0.2) is 0 Å². The fraction of sp³-hybridized carbons (Fsp3) is 0.118. The third-order valence-corrected chi connectivity index (χ3v) is 3.04. The molecular formula is C17H15N3O3. The molecule has 0 unspecified atom stereocenters. The monoisotopic (exact) mass is 309 g/mol. The Hall–Kier alpha value is -3.33. The summed E-state index contributed by atoms with van der Waals surface area (Å²) in [6, 6.07) is 15.1. The van der Waals surface area contributed by atoms with Gasteiger partial charge in [-0.3, -0.25) is 9.59 Å². The first-order chi connectivity index (χ1) is 11.1. The zero-order chi connectivity index (χ0) is 16.7. The Morgan fingerprint density at radius 3 is 2.57 bits per heavy atom. The summed E-state index contributed by atoms with van der Waals surface area (Å²) in [5.41, 5.74) is 1.48. The van der Waals surface area contributed by atoms with Crippen LogP contribution in [0.1, 0.15) is 15.9 Å². The Labute approximate surface area is 133 Å². The third kappa shape index (κ3) is 4.58. The average Bonchev–Trinajstić information content (AvgIpc) is 2.60. The lowest BCUT2D eigenvalue weighted by Crippen LogP contribution is -2.32. The number of amides is 2. The maximum absolute atomic E-state index is 12.0. The van der Waals surface area contributed by atoms with Crippen LogP contribution in [0.15, 0.2) is 48.5 Å². The highest BCUT2D eigenvalue weighted by Crippen LogP contribution is 2.12. The van der Waals surface area contributed by atoms with Crippen LogP contribution in [0.2, 0.25) is 0 Å². The first-order valence-electron chi connectivity index (χ1n) is 6.84. The number of methoxy groups -OCH3 is 1. The number of carbonyl (C=O) groups is 2. The molecule has 2 aromatic rings. The van der Waals surface area contributed by atoms with Crippen LogP contribution in [0.4, 0.5) is 5.69 Å². The number of carbonyl (C=O) groups excluding carboxylic acids is 2. The van der Waals surface area contributed by atoms with E-state index >= 15 is 0 Å². The largest absolute Gasteiger partial charge is 0.497 e. The van der Waals surface area contributed by atoms with E-state index in [9.17, 15) is 9.59 Å². The Kier molecular flexibility index (Phi) is 5.31. The van der Waals surface area contributed by atoms with E-state index in [4.69, 9.17) is 10.00 Å². The van der Waals surface area contributed by atoms with Crippen molar-refractivity contribution in [2.45, 2.75) is 0 Å². The van der Waals surface area contributed by atoms with E-state index in [1.165, 1.54) is 7.11 Å². The molecule has 0 aromatic heterocycles. The maximum atomic E-state index is 12.0. The highest BCUT2D eigenvalue weighted by molar-refractivity contribution is 5.99. The molecule has 0 atom stereocenters. The summed E-state index contributed by atoms with van der Waals surface area (Å²) >= 11 is 0. The summed E-state index contributed by atoms with van der Waals surface area (Å²) in [5, 5.41) is 13.9. The molecule has 23 heavy (non-hydrogen) atoms. The Bertz CT molecular complexity index is 748. The zero-order valence-corrected chi connectivity index (χ0v) is 12.5. The lowest BCUT2D eigenvalue weighted by atomic mass is 10.2. The second-order valence-electron chi connectivity index (χ2n) is 4.65. The fourth-order valence-electron chi connectivity index (χ4n) is 1.86. The molecule has 0 bridgehead atoms. The van der Waals surface area contributed by atoms with Gasteiger partial charge >= 0.3 is 0 Å². The zero-order valence-electron chi connectivity index (χ0n) is 12.5. The quantitative estimate of drug-likeness (QED) is 0.883. The molecule has 6 heteroatoms. The number of benzene rings is 2. The number of ether oxygens (including phenoxy) is 1. The molecule has 0 spiro atoms. The molecule has 0 radical (unpaired) electrons. The first-order valence-corrected chi connectivity index (χ1v) is 6.84. The van der Waals surface area contributed by atoms with Gasteiger partial charge in [-0.1, -0.05) is 6.07 Å². The molecule has 0 saturated heterocycles. The van der Waals surface area contributed by atoms with Gasteiger partial charge in [0.2, 0.25) is 5.91 Å². The van der Waals surface area contributed by atoms with Crippen molar-refractivity contribution >= 4 is 17.5 Å². The molecule has 2 N–H and O–H groups in total. The molecule has 0 heterocycles. The Morgan fingerprint density at radius 2 is 1.91 bits per heavy atom. The minimum atomic E-state index is -0.362. The van der Waals surface area contributed by atoms with Gasteiger partial charge in [-0.15, -0.1) is 0 Å². The molecule has 0 fully saturated rings. The van der Waals surface area contributed by atoms with Crippen molar-refractivity contribution in [1.82, 2.24) is 5.32 Å². The smallest absolute Gasteiger partial charge is 0.251 e. The molecule has 2 rings (SSSR count). The van der Waals surface area contributed by atoms with Crippen LogP contribution < -0.4 is 15.4 Å². The van der Waals surface area contributed by atoms with Crippen molar-refractivity contribution in [1.29, 1.82) is 5.26 Å². The summed E-state index contributed by atoms with van der Waals surface area (Å²) < 4.78 is 5.05. The topological polar surface area (TPSA) is 91.2 Å². The maximum Gasteiger partial charge on any atom is 0.251 e. The van der Waals surface area contributed by atoms with E-state index in [0.29, 0.717) is 22.6 Å². The molecule has 0 saturated carbocycles. The number of hydrogen-bond acceptors (Lipinski definition) is 4. The van der Waals surface area contributed by atoms with Crippen LogP contribution in [-0.2, 0) is 4.79 Å². The lowest BCUT2D eigenvalue weighted by Gasteiger charge is -2.08. The van der Waals surface area contributed by atoms with Gasteiger partial charge in [0.25, 0.3) is 5.91 Å². The van der Waals surface area contributed by atoms with Gasteiger partial charge in [-0.05, 0) is 42.5 Å². The van der Waals surface area contributed by atoms with E-state index in [0.717, 1.165) is 0 Å². The minimum Gasteiger partial charge on any atom is -0.497 e. The third-order valence-electron chi connectivity index (χ3n) is 3.04. The molecule has 2 aromatic carbocycles. The second-order valence-corrected chi connectivity index (χ2v) is 4.65. The van der Waals surface area contributed by atoms with E-state index in [-0.39, 0.29) is 18.4 Å². The predicted molar refractivity (Wildman–Crippen MR) is 85.1 cm³/mol. The van der Waals surface area contributed by atoms with Crippen LogP contribution in [0.25, 0.3) is 0 Å². The minimum absolute atomic E-state index is 0.157.